The number of hydrogen-bond donors (Lipinski definition) is 1. The fourth-order valence-electron chi connectivity index (χ4n) is 1.85. The van der Waals surface area contributed by atoms with Crippen LogP contribution in [0.15, 0.2) is 42.7 Å². The van der Waals surface area contributed by atoms with E-state index in [0.717, 1.165) is 5.56 Å². The fraction of sp³-hybridized carbons (Fsp3) is 0.133. The summed E-state index contributed by atoms with van der Waals surface area (Å²) in [5.41, 5.74) is 8.56. The third-order valence-electron chi connectivity index (χ3n) is 2.95. The van der Waals surface area contributed by atoms with Crippen LogP contribution in [0.3, 0.4) is 0 Å². The summed E-state index contributed by atoms with van der Waals surface area (Å²) in [6, 6.07) is 6.76. The summed E-state index contributed by atoms with van der Waals surface area (Å²) in [4.78, 5) is 3.90. The number of aryl methyl sites for hydroxylation is 1. The summed E-state index contributed by atoms with van der Waals surface area (Å²) in [5, 5.41) is 0.502. The third kappa shape index (κ3) is 3.12. The zero-order valence-electron chi connectivity index (χ0n) is 10.5. The number of nitrogen functional groups attached to an aromatic ring is 1. The van der Waals surface area contributed by atoms with Crippen LogP contribution in [0.5, 0.6) is 0 Å². The van der Waals surface area contributed by atoms with Crippen LogP contribution in [0, 0.1) is 12.7 Å². The molecule has 2 aromatic rings. The van der Waals surface area contributed by atoms with Gasteiger partial charge in [-0.05, 0) is 36.6 Å². The molecule has 0 spiro atoms. The van der Waals surface area contributed by atoms with Crippen molar-refractivity contribution in [2.75, 3.05) is 5.73 Å². The van der Waals surface area contributed by atoms with Gasteiger partial charge in [-0.15, -0.1) is 0 Å². The first-order chi connectivity index (χ1) is 9.09. The van der Waals surface area contributed by atoms with Crippen molar-refractivity contribution in [1.29, 1.82) is 0 Å². The minimum Gasteiger partial charge on any atom is -0.397 e. The van der Waals surface area contributed by atoms with Gasteiger partial charge >= 0.3 is 0 Å². The number of rotatable bonds is 3. The second-order valence-electron chi connectivity index (χ2n) is 4.25. The van der Waals surface area contributed by atoms with E-state index >= 15 is 0 Å². The number of pyridine rings is 1. The van der Waals surface area contributed by atoms with Gasteiger partial charge in [-0.25, -0.2) is 4.39 Å². The Morgan fingerprint density at radius 1 is 1.42 bits per heavy atom. The standard InChI is InChI=1S/C15H14ClFN2/c1-10-3-2-4-14(17)11(10)5-6-13(16)12-7-8-19-9-15(12)18/h2-4,6-9H,5,18H2,1H3/b13-6+. The Labute approximate surface area is 116 Å². The number of hydrogen-bond acceptors (Lipinski definition) is 2. The molecular formula is C15H14ClFN2. The van der Waals surface area contributed by atoms with Gasteiger partial charge < -0.3 is 5.73 Å². The van der Waals surface area contributed by atoms with Gasteiger partial charge in [-0.2, -0.15) is 0 Å². The van der Waals surface area contributed by atoms with E-state index in [2.05, 4.69) is 4.98 Å². The molecule has 0 bridgehead atoms. The van der Waals surface area contributed by atoms with Crippen molar-refractivity contribution in [2.24, 2.45) is 0 Å². The van der Waals surface area contributed by atoms with E-state index in [1.165, 1.54) is 6.07 Å². The minimum atomic E-state index is -0.219. The monoisotopic (exact) mass is 276 g/mol. The number of anilines is 1. The second-order valence-corrected chi connectivity index (χ2v) is 4.66. The maximum atomic E-state index is 13.7. The number of aromatic nitrogens is 1. The highest BCUT2D eigenvalue weighted by atomic mass is 35.5. The van der Waals surface area contributed by atoms with Gasteiger partial charge in [-0.3, -0.25) is 4.98 Å². The number of nitrogens with zero attached hydrogens (tertiary/aromatic N) is 1. The van der Waals surface area contributed by atoms with E-state index in [0.29, 0.717) is 28.3 Å². The Morgan fingerprint density at radius 3 is 2.89 bits per heavy atom. The molecule has 1 heterocycles. The molecule has 4 heteroatoms. The lowest BCUT2D eigenvalue weighted by atomic mass is 10.0. The maximum absolute atomic E-state index is 13.7. The van der Waals surface area contributed by atoms with Crippen molar-refractivity contribution in [2.45, 2.75) is 13.3 Å². The van der Waals surface area contributed by atoms with Crippen molar-refractivity contribution >= 4 is 22.3 Å². The summed E-state index contributed by atoms with van der Waals surface area (Å²) in [5.74, 6) is -0.219. The van der Waals surface area contributed by atoms with Gasteiger partial charge in [0.25, 0.3) is 0 Å². The van der Waals surface area contributed by atoms with Crippen molar-refractivity contribution < 1.29 is 4.39 Å². The number of benzene rings is 1. The molecule has 1 aromatic carbocycles. The minimum absolute atomic E-state index is 0.219. The largest absolute Gasteiger partial charge is 0.397 e. The van der Waals surface area contributed by atoms with E-state index in [1.54, 1.807) is 30.6 Å². The lowest BCUT2D eigenvalue weighted by molar-refractivity contribution is 0.613. The molecule has 0 radical (unpaired) electrons. The molecule has 0 amide bonds. The number of halogens is 2. The van der Waals surface area contributed by atoms with Crippen LogP contribution in [-0.4, -0.2) is 4.98 Å². The summed E-state index contributed by atoms with van der Waals surface area (Å²) in [6.07, 6.45) is 5.36. The molecular weight excluding hydrogens is 263 g/mol. The molecule has 0 aliphatic heterocycles. The molecule has 0 unspecified atom stereocenters. The Kier molecular flexibility index (Phi) is 4.17. The highest BCUT2D eigenvalue weighted by molar-refractivity contribution is 6.49. The molecule has 0 saturated heterocycles. The van der Waals surface area contributed by atoms with Crippen LogP contribution in [0.4, 0.5) is 10.1 Å². The molecule has 0 saturated carbocycles. The Morgan fingerprint density at radius 2 is 2.21 bits per heavy atom. The predicted molar refractivity (Wildman–Crippen MR) is 77.3 cm³/mol. The Balaban J connectivity index is 2.26. The quantitative estimate of drug-likeness (QED) is 0.922. The van der Waals surface area contributed by atoms with Gasteiger partial charge in [0.15, 0.2) is 0 Å². The first-order valence-electron chi connectivity index (χ1n) is 5.89. The van der Waals surface area contributed by atoms with Crippen LogP contribution in [0.25, 0.3) is 5.03 Å². The van der Waals surface area contributed by atoms with Crippen LogP contribution in [0.1, 0.15) is 16.7 Å². The SMILES string of the molecule is Cc1cccc(F)c1C/C=C(/Cl)c1ccncc1N. The van der Waals surface area contributed by atoms with E-state index in [9.17, 15) is 4.39 Å². The molecule has 0 aliphatic carbocycles. The average Bonchev–Trinajstić information content (AvgIpc) is 2.38. The van der Waals surface area contributed by atoms with Crippen molar-refractivity contribution in [3.63, 3.8) is 0 Å². The Bertz CT molecular complexity index is 603. The first-order valence-corrected chi connectivity index (χ1v) is 6.27. The first kappa shape index (κ1) is 13.6. The lowest BCUT2D eigenvalue weighted by Crippen LogP contribution is -1.94. The normalized spacial score (nSPS) is 11.6. The molecule has 2 nitrogen and oxygen atoms in total. The van der Waals surface area contributed by atoms with Gasteiger partial charge in [0.05, 0.1) is 11.9 Å². The second kappa shape index (κ2) is 5.85. The van der Waals surface area contributed by atoms with Crippen molar-refractivity contribution in [3.8, 4) is 0 Å². The van der Waals surface area contributed by atoms with Gasteiger partial charge in [-0.1, -0.05) is 29.8 Å². The molecule has 0 fully saturated rings. The highest BCUT2D eigenvalue weighted by Gasteiger charge is 2.06. The van der Waals surface area contributed by atoms with Gasteiger partial charge in [0.1, 0.15) is 5.82 Å². The number of nitrogens with two attached hydrogens (primary N) is 1. The van der Waals surface area contributed by atoms with Crippen molar-refractivity contribution in [1.82, 2.24) is 4.98 Å². The molecule has 0 aliphatic rings. The predicted octanol–water partition coefficient (Wildman–Crippen LogP) is 3.93. The smallest absolute Gasteiger partial charge is 0.126 e. The highest BCUT2D eigenvalue weighted by Crippen LogP contribution is 2.25. The molecule has 98 valence electrons. The van der Waals surface area contributed by atoms with Crippen molar-refractivity contribution in [3.05, 3.63) is 65.2 Å². The van der Waals surface area contributed by atoms with Gasteiger partial charge in [0, 0.05) is 16.8 Å². The lowest BCUT2D eigenvalue weighted by Gasteiger charge is -2.06. The summed E-state index contributed by atoms with van der Waals surface area (Å²) >= 11 is 6.20. The van der Waals surface area contributed by atoms with E-state index in [1.807, 2.05) is 13.0 Å². The summed E-state index contributed by atoms with van der Waals surface area (Å²) in [6.45, 7) is 1.88. The molecule has 1 aromatic heterocycles. The molecule has 0 atom stereocenters. The molecule has 2 rings (SSSR count). The summed E-state index contributed by atoms with van der Waals surface area (Å²) < 4.78 is 13.7. The average molecular weight is 277 g/mol. The Hall–Kier alpha value is -1.87. The van der Waals surface area contributed by atoms with Crippen LogP contribution in [-0.2, 0) is 6.42 Å². The fourth-order valence-corrected chi connectivity index (χ4v) is 2.10. The molecule has 2 N–H and O–H groups in total. The topological polar surface area (TPSA) is 38.9 Å². The number of allylic oxidation sites excluding steroid dienone is 1. The van der Waals surface area contributed by atoms with Crippen LogP contribution < -0.4 is 5.73 Å². The zero-order valence-corrected chi connectivity index (χ0v) is 11.3. The van der Waals surface area contributed by atoms with Crippen LogP contribution >= 0.6 is 11.6 Å². The van der Waals surface area contributed by atoms with E-state index in [4.69, 9.17) is 17.3 Å². The zero-order chi connectivity index (χ0) is 13.8. The maximum Gasteiger partial charge on any atom is 0.126 e. The van der Waals surface area contributed by atoms with E-state index < -0.39 is 0 Å². The van der Waals surface area contributed by atoms with Crippen LogP contribution in [0.2, 0.25) is 0 Å². The van der Waals surface area contributed by atoms with Gasteiger partial charge in [0.2, 0.25) is 0 Å². The third-order valence-corrected chi connectivity index (χ3v) is 3.31. The summed E-state index contributed by atoms with van der Waals surface area (Å²) in [7, 11) is 0. The van der Waals surface area contributed by atoms with E-state index in [-0.39, 0.29) is 5.82 Å². The molecule has 19 heavy (non-hydrogen) atoms.